The number of nitrogens with one attached hydrogen (secondary N) is 1. The molecule has 0 atom stereocenters. The van der Waals surface area contributed by atoms with Gasteiger partial charge >= 0.3 is 6.09 Å². The molecule has 2 heterocycles. The summed E-state index contributed by atoms with van der Waals surface area (Å²) in [7, 11) is 0. The zero-order chi connectivity index (χ0) is 18.5. The first kappa shape index (κ1) is 18.4. The predicted octanol–water partition coefficient (Wildman–Crippen LogP) is 5.25. The minimum atomic E-state index is -0.596. The fourth-order valence-corrected chi connectivity index (χ4v) is 2.76. The van der Waals surface area contributed by atoms with Crippen LogP contribution in [0.5, 0.6) is 0 Å². The van der Waals surface area contributed by atoms with E-state index < -0.39 is 6.09 Å². The number of carbonyl (C=O) groups is 1. The third-order valence-electron chi connectivity index (χ3n) is 3.61. The van der Waals surface area contributed by atoms with Gasteiger partial charge in [0.1, 0.15) is 17.1 Å². The number of ether oxygens (including phenoxy) is 1. The minimum Gasteiger partial charge on any atom is -0.449 e. The molecule has 0 aliphatic heterocycles. The van der Waals surface area contributed by atoms with Crippen molar-refractivity contribution >= 4 is 39.3 Å². The molecule has 0 saturated heterocycles. The number of pyridine rings is 1. The SMILES string of the molecule is Cc1noc(-c2ccc(Br)cn2)c1NC(=O)OCCc1ccccc1Cl. The molecule has 0 fully saturated rings. The summed E-state index contributed by atoms with van der Waals surface area (Å²) in [6.45, 7) is 1.93. The summed E-state index contributed by atoms with van der Waals surface area (Å²) < 4.78 is 11.4. The van der Waals surface area contributed by atoms with Gasteiger partial charge in [0.2, 0.25) is 5.76 Å². The van der Waals surface area contributed by atoms with Crippen LogP contribution in [0.3, 0.4) is 0 Å². The van der Waals surface area contributed by atoms with Gasteiger partial charge < -0.3 is 9.26 Å². The van der Waals surface area contributed by atoms with Crippen molar-refractivity contribution < 1.29 is 14.1 Å². The van der Waals surface area contributed by atoms with Crippen molar-refractivity contribution in [1.82, 2.24) is 10.1 Å². The maximum atomic E-state index is 12.1. The van der Waals surface area contributed by atoms with E-state index in [-0.39, 0.29) is 6.61 Å². The van der Waals surface area contributed by atoms with Crippen LogP contribution in [0.1, 0.15) is 11.3 Å². The van der Waals surface area contributed by atoms with Crippen LogP contribution in [-0.2, 0) is 11.2 Å². The highest BCUT2D eigenvalue weighted by molar-refractivity contribution is 9.10. The van der Waals surface area contributed by atoms with Gasteiger partial charge in [-0.25, -0.2) is 4.79 Å². The Morgan fingerprint density at radius 3 is 2.85 bits per heavy atom. The molecular formula is C18H15BrClN3O3. The Morgan fingerprint density at radius 1 is 1.31 bits per heavy atom. The van der Waals surface area contributed by atoms with Crippen molar-refractivity contribution in [3.63, 3.8) is 0 Å². The molecule has 0 aliphatic carbocycles. The largest absolute Gasteiger partial charge is 0.449 e. The number of hydrogen-bond acceptors (Lipinski definition) is 5. The highest BCUT2D eigenvalue weighted by atomic mass is 79.9. The van der Waals surface area contributed by atoms with Crippen molar-refractivity contribution in [3.8, 4) is 11.5 Å². The number of benzene rings is 1. The molecule has 1 N–H and O–H groups in total. The lowest BCUT2D eigenvalue weighted by atomic mass is 10.2. The van der Waals surface area contributed by atoms with Crippen LogP contribution in [0.4, 0.5) is 10.5 Å². The molecule has 1 amide bonds. The topological polar surface area (TPSA) is 77.3 Å². The molecule has 134 valence electrons. The highest BCUT2D eigenvalue weighted by Gasteiger charge is 2.19. The van der Waals surface area contributed by atoms with Gasteiger partial charge in [0.25, 0.3) is 0 Å². The quantitative estimate of drug-likeness (QED) is 0.591. The number of amides is 1. The Bertz CT molecular complexity index is 912. The summed E-state index contributed by atoms with van der Waals surface area (Å²) in [5.41, 5.74) is 2.44. The minimum absolute atomic E-state index is 0.200. The van der Waals surface area contributed by atoms with Gasteiger partial charge in [-0.15, -0.1) is 0 Å². The zero-order valence-corrected chi connectivity index (χ0v) is 16.2. The lowest BCUT2D eigenvalue weighted by Crippen LogP contribution is -2.16. The van der Waals surface area contributed by atoms with Crippen LogP contribution in [0, 0.1) is 6.92 Å². The molecule has 0 unspecified atom stereocenters. The first-order valence-electron chi connectivity index (χ1n) is 7.80. The van der Waals surface area contributed by atoms with E-state index in [1.807, 2.05) is 24.3 Å². The number of nitrogens with zero attached hydrogens (tertiary/aromatic N) is 2. The Hall–Kier alpha value is -2.38. The number of anilines is 1. The number of aryl methyl sites for hydroxylation is 1. The number of rotatable bonds is 5. The maximum absolute atomic E-state index is 12.1. The molecule has 3 rings (SSSR count). The standard InChI is InChI=1S/C18H15BrClN3O3/c1-11-16(17(26-23-11)15-7-6-13(19)10-21-15)22-18(24)25-9-8-12-4-2-3-5-14(12)20/h2-7,10H,8-9H2,1H3,(H,22,24). The second-order valence-corrected chi connectivity index (χ2v) is 6.76. The fraction of sp³-hybridized carbons (Fsp3) is 0.167. The van der Waals surface area contributed by atoms with E-state index in [1.54, 1.807) is 25.3 Å². The first-order chi connectivity index (χ1) is 12.5. The van der Waals surface area contributed by atoms with Crippen molar-refractivity contribution in [1.29, 1.82) is 0 Å². The smallest absolute Gasteiger partial charge is 0.411 e. The van der Waals surface area contributed by atoms with Crippen molar-refractivity contribution in [3.05, 3.63) is 63.3 Å². The van der Waals surface area contributed by atoms with Gasteiger partial charge in [-0.05, 0) is 46.6 Å². The van der Waals surface area contributed by atoms with Gasteiger partial charge in [0.05, 0.1) is 6.61 Å². The summed E-state index contributed by atoms with van der Waals surface area (Å²) in [5.74, 6) is 0.373. The fourth-order valence-electron chi connectivity index (χ4n) is 2.29. The molecule has 2 aromatic heterocycles. The molecule has 1 aromatic carbocycles. The van der Waals surface area contributed by atoms with E-state index in [2.05, 4.69) is 31.4 Å². The summed E-state index contributed by atoms with van der Waals surface area (Å²) in [5, 5.41) is 7.21. The van der Waals surface area contributed by atoms with E-state index in [0.29, 0.717) is 34.3 Å². The Labute approximate surface area is 163 Å². The van der Waals surface area contributed by atoms with Crippen molar-refractivity contribution in [2.24, 2.45) is 0 Å². The summed E-state index contributed by atoms with van der Waals surface area (Å²) in [6.07, 6.45) is 1.57. The van der Waals surface area contributed by atoms with Gasteiger partial charge in [0.15, 0.2) is 0 Å². The third-order valence-corrected chi connectivity index (χ3v) is 4.45. The Morgan fingerprint density at radius 2 is 2.12 bits per heavy atom. The summed E-state index contributed by atoms with van der Waals surface area (Å²) in [4.78, 5) is 16.4. The lowest BCUT2D eigenvalue weighted by Gasteiger charge is -2.08. The number of halogens is 2. The van der Waals surface area contributed by atoms with Crippen LogP contribution in [0.15, 0.2) is 51.6 Å². The summed E-state index contributed by atoms with van der Waals surface area (Å²) >= 11 is 9.41. The average molecular weight is 437 g/mol. The Kier molecular flexibility index (Phi) is 5.90. The molecule has 3 aromatic rings. The summed E-state index contributed by atoms with van der Waals surface area (Å²) in [6, 6.07) is 11.0. The van der Waals surface area contributed by atoms with Gasteiger partial charge in [-0.2, -0.15) is 0 Å². The molecule has 0 aliphatic rings. The zero-order valence-electron chi connectivity index (χ0n) is 13.8. The van der Waals surface area contributed by atoms with E-state index in [4.69, 9.17) is 20.9 Å². The molecule has 0 spiro atoms. The van der Waals surface area contributed by atoms with E-state index in [9.17, 15) is 4.79 Å². The predicted molar refractivity (Wildman–Crippen MR) is 102 cm³/mol. The van der Waals surface area contributed by atoms with E-state index >= 15 is 0 Å². The molecule has 0 radical (unpaired) electrons. The molecule has 6 nitrogen and oxygen atoms in total. The first-order valence-corrected chi connectivity index (χ1v) is 8.97. The van der Waals surface area contributed by atoms with E-state index in [0.717, 1.165) is 10.0 Å². The van der Waals surface area contributed by atoms with Crippen molar-refractivity contribution in [2.45, 2.75) is 13.3 Å². The Balaban J connectivity index is 1.63. The molecule has 26 heavy (non-hydrogen) atoms. The van der Waals surface area contributed by atoms with Crippen LogP contribution < -0.4 is 5.32 Å². The number of carbonyl (C=O) groups excluding carboxylic acids is 1. The second-order valence-electron chi connectivity index (χ2n) is 5.44. The molecule has 0 saturated carbocycles. The highest BCUT2D eigenvalue weighted by Crippen LogP contribution is 2.30. The monoisotopic (exact) mass is 435 g/mol. The van der Waals surface area contributed by atoms with E-state index in [1.165, 1.54) is 0 Å². The maximum Gasteiger partial charge on any atom is 0.411 e. The van der Waals surface area contributed by atoms with Crippen LogP contribution >= 0.6 is 27.5 Å². The normalized spacial score (nSPS) is 10.6. The molecule has 0 bridgehead atoms. The van der Waals surface area contributed by atoms with Crippen LogP contribution in [0.25, 0.3) is 11.5 Å². The number of aromatic nitrogens is 2. The van der Waals surface area contributed by atoms with Crippen molar-refractivity contribution in [2.75, 3.05) is 11.9 Å². The second kappa shape index (κ2) is 8.33. The third kappa shape index (κ3) is 4.42. The average Bonchev–Trinajstić information content (AvgIpc) is 2.98. The molecular weight excluding hydrogens is 422 g/mol. The number of hydrogen-bond donors (Lipinski definition) is 1. The molecule has 8 heteroatoms. The van der Waals surface area contributed by atoms with Crippen LogP contribution in [0.2, 0.25) is 5.02 Å². The van der Waals surface area contributed by atoms with Crippen LogP contribution in [-0.4, -0.2) is 22.8 Å². The van der Waals surface area contributed by atoms with Gasteiger partial charge in [-0.3, -0.25) is 10.3 Å². The van der Waals surface area contributed by atoms with Gasteiger partial charge in [0, 0.05) is 22.1 Å². The lowest BCUT2D eigenvalue weighted by molar-refractivity contribution is 0.163. The van der Waals surface area contributed by atoms with Gasteiger partial charge in [-0.1, -0.05) is 35.0 Å².